The highest BCUT2D eigenvalue weighted by molar-refractivity contribution is 5.74. The third-order valence-electron chi connectivity index (χ3n) is 5.29. The van der Waals surface area contributed by atoms with E-state index in [9.17, 15) is 4.79 Å². The lowest BCUT2D eigenvalue weighted by Gasteiger charge is -2.41. The zero-order chi connectivity index (χ0) is 17.6. The summed E-state index contributed by atoms with van der Waals surface area (Å²) in [7, 11) is 1.69. The van der Waals surface area contributed by atoms with Gasteiger partial charge in [-0.1, -0.05) is 44.2 Å². The Kier molecular flexibility index (Phi) is 6.63. The number of carbonyl (C=O) groups is 1. The monoisotopic (exact) mass is 333 g/mol. The number of methoxy groups -OCH3 is 1. The van der Waals surface area contributed by atoms with Gasteiger partial charge in [0.05, 0.1) is 6.10 Å². The quantitative estimate of drug-likeness (QED) is 0.840. The second-order valence-corrected chi connectivity index (χ2v) is 7.04. The van der Waals surface area contributed by atoms with Crippen molar-refractivity contribution in [3.63, 3.8) is 0 Å². The number of urea groups is 1. The molecule has 1 unspecified atom stereocenters. The maximum atomic E-state index is 12.4. The molecule has 3 N–H and O–H groups in total. The topological polar surface area (TPSA) is 67.6 Å². The van der Waals surface area contributed by atoms with Gasteiger partial charge in [0.1, 0.15) is 0 Å². The number of hydrogen-bond donors (Lipinski definition) is 2. The first-order valence-electron chi connectivity index (χ1n) is 8.83. The number of likely N-dealkylation sites (tertiary alicyclic amines) is 1. The fraction of sp³-hybridized carbons (Fsp3) is 0.632. The molecule has 1 aromatic carbocycles. The van der Waals surface area contributed by atoms with E-state index in [0.717, 1.165) is 25.9 Å². The Balaban J connectivity index is 1.90. The third-order valence-corrected chi connectivity index (χ3v) is 5.29. The first kappa shape index (κ1) is 18.7. The number of amides is 2. The average Bonchev–Trinajstić information content (AvgIpc) is 2.62. The van der Waals surface area contributed by atoms with E-state index in [-0.39, 0.29) is 17.6 Å². The molecule has 1 aromatic rings. The highest BCUT2D eigenvalue weighted by atomic mass is 16.5. The maximum Gasteiger partial charge on any atom is 0.317 e. The minimum atomic E-state index is -0.00889. The number of benzene rings is 1. The maximum absolute atomic E-state index is 12.4. The molecule has 0 radical (unpaired) electrons. The largest absolute Gasteiger partial charge is 0.379 e. The minimum Gasteiger partial charge on any atom is -0.379 e. The van der Waals surface area contributed by atoms with E-state index in [2.05, 4.69) is 43.4 Å². The highest BCUT2D eigenvalue weighted by Crippen LogP contribution is 2.34. The fourth-order valence-corrected chi connectivity index (χ4v) is 3.43. The van der Waals surface area contributed by atoms with Gasteiger partial charge in [0.25, 0.3) is 0 Å². The van der Waals surface area contributed by atoms with Crippen molar-refractivity contribution in [2.24, 2.45) is 11.7 Å². The van der Waals surface area contributed by atoms with E-state index in [1.54, 1.807) is 7.11 Å². The van der Waals surface area contributed by atoms with Crippen LogP contribution in [0.1, 0.15) is 32.3 Å². The van der Waals surface area contributed by atoms with Gasteiger partial charge in [0.15, 0.2) is 0 Å². The number of ether oxygens (including phenoxy) is 1. The summed E-state index contributed by atoms with van der Waals surface area (Å²) in [5.41, 5.74) is 7.38. The number of rotatable bonds is 6. The molecule has 2 rings (SSSR count). The van der Waals surface area contributed by atoms with Crippen LogP contribution < -0.4 is 11.1 Å². The smallest absolute Gasteiger partial charge is 0.317 e. The first-order chi connectivity index (χ1) is 11.5. The summed E-state index contributed by atoms with van der Waals surface area (Å²) in [6, 6.07) is 10.4. The van der Waals surface area contributed by atoms with Crippen LogP contribution in [0.5, 0.6) is 0 Å². The van der Waals surface area contributed by atoms with Crippen molar-refractivity contribution in [3.8, 4) is 0 Å². The van der Waals surface area contributed by atoms with Crippen molar-refractivity contribution >= 4 is 6.03 Å². The molecule has 2 amide bonds. The molecular weight excluding hydrogens is 302 g/mol. The van der Waals surface area contributed by atoms with Crippen LogP contribution in [-0.2, 0) is 10.2 Å². The van der Waals surface area contributed by atoms with E-state index in [0.29, 0.717) is 19.0 Å². The molecular formula is C19H31N3O2. The van der Waals surface area contributed by atoms with Gasteiger partial charge < -0.3 is 20.7 Å². The summed E-state index contributed by atoms with van der Waals surface area (Å²) in [5, 5.41) is 3.00. The molecule has 0 aliphatic carbocycles. The van der Waals surface area contributed by atoms with Crippen molar-refractivity contribution < 1.29 is 9.53 Å². The molecule has 1 aliphatic heterocycles. The molecule has 0 bridgehead atoms. The lowest BCUT2D eigenvalue weighted by Crippen LogP contribution is -2.52. The summed E-state index contributed by atoms with van der Waals surface area (Å²) >= 11 is 0. The summed E-state index contributed by atoms with van der Waals surface area (Å²) in [4.78, 5) is 14.3. The molecule has 0 aromatic heterocycles. The van der Waals surface area contributed by atoms with Crippen molar-refractivity contribution in [1.29, 1.82) is 0 Å². The minimum absolute atomic E-state index is 0.00335. The summed E-state index contributed by atoms with van der Waals surface area (Å²) < 4.78 is 5.41. The molecule has 5 heteroatoms. The predicted octanol–water partition coefficient (Wildman–Crippen LogP) is 2.36. The van der Waals surface area contributed by atoms with Gasteiger partial charge in [-0.3, -0.25) is 0 Å². The van der Waals surface area contributed by atoms with Gasteiger partial charge in [-0.2, -0.15) is 0 Å². The van der Waals surface area contributed by atoms with Crippen LogP contribution in [0.4, 0.5) is 4.79 Å². The normalized spacial score (nSPS) is 18.5. The van der Waals surface area contributed by atoms with E-state index in [1.807, 2.05) is 11.0 Å². The predicted molar refractivity (Wildman–Crippen MR) is 97.0 cm³/mol. The van der Waals surface area contributed by atoms with Gasteiger partial charge in [0, 0.05) is 38.7 Å². The van der Waals surface area contributed by atoms with Crippen molar-refractivity contribution in [2.75, 3.05) is 33.3 Å². The Hall–Kier alpha value is -1.59. The summed E-state index contributed by atoms with van der Waals surface area (Å²) in [6.45, 7) is 6.82. The Morgan fingerprint density at radius 3 is 2.42 bits per heavy atom. The first-order valence-corrected chi connectivity index (χ1v) is 8.83. The van der Waals surface area contributed by atoms with Gasteiger partial charge in [0.2, 0.25) is 0 Å². The number of nitrogens with two attached hydrogens (primary N) is 1. The Morgan fingerprint density at radius 1 is 1.29 bits per heavy atom. The fourth-order valence-electron chi connectivity index (χ4n) is 3.43. The van der Waals surface area contributed by atoms with E-state index in [4.69, 9.17) is 10.5 Å². The molecule has 1 fully saturated rings. The Labute approximate surface area is 145 Å². The molecule has 0 spiro atoms. The molecule has 0 saturated carbocycles. The lowest BCUT2D eigenvalue weighted by atomic mass is 9.73. The zero-order valence-electron chi connectivity index (χ0n) is 15.1. The summed E-state index contributed by atoms with van der Waals surface area (Å²) in [5.74, 6) is 0.375. The lowest BCUT2D eigenvalue weighted by molar-refractivity contribution is 0.0643. The average molecular weight is 333 g/mol. The van der Waals surface area contributed by atoms with Gasteiger partial charge in [-0.05, 0) is 24.3 Å². The van der Waals surface area contributed by atoms with Crippen molar-refractivity contribution in [1.82, 2.24) is 10.2 Å². The number of piperidine rings is 1. The third kappa shape index (κ3) is 4.28. The van der Waals surface area contributed by atoms with E-state index in [1.165, 1.54) is 5.56 Å². The summed E-state index contributed by atoms with van der Waals surface area (Å²) in [6.07, 6.45) is 1.85. The highest BCUT2D eigenvalue weighted by Gasteiger charge is 2.36. The molecule has 1 saturated heterocycles. The van der Waals surface area contributed by atoms with Gasteiger partial charge in [-0.15, -0.1) is 0 Å². The Bertz CT molecular complexity index is 511. The second kappa shape index (κ2) is 8.49. The van der Waals surface area contributed by atoms with Gasteiger partial charge in [-0.25, -0.2) is 4.79 Å². The second-order valence-electron chi connectivity index (χ2n) is 7.04. The standard InChI is InChI=1S/C19H31N3O2/c1-15(2)17(24-3)13-21-18(23)22-11-9-19(14-20,10-12-22)16-7-5-4-6-8-16/h4-8,15,17H,9-14,20H2,1-3H3,(H,21,23). The van der Waals surface area contributed by atoms with Crippen LogP contribution in [0.15, 0.2) is 30.3 Å². The Morgan fingerprint density at radius 2 is 1.92 bits per heavy atom. The SMILES string of the molecule is COC(CNC(=O)N1CCC(CN)(c2ccccc2)CC1)C(C)C. The van der Waals surface area contributed by atoms with Crippen molar-refractivity contribution in [2.45, 2.75) is 38.2 Å². The molecule has 24 heavy (non-hydrogen) atoms. The van der Waals surface area contributed by atoms with Crippen molar-refractivity contribution in [3.05, 3.63) is 35.9 Å². The van der Waals surface area contributed by atoms with E-state index >= 15 is 0 Å². The number of nitrogens with zero attached hydrogens (tertiary/aromatic N) is 1. The number of hydrogen-bond acceptors (Lipinski definition) is 3. The molecule has 1 atom stereocenters. The van der Waals surface area contributed by atoms with Crippen LogP contribution in [0.25, 0.3) is 0 Å². The van der Waals surface area contributed by atoms with Crippen LogP contribution in [0.3, 0.4) is 0 Å². The molecule has 134 valence electrons. The van der Waals surface area contributed by atoms with Crippen LogP contribution in [-0.4, -0.2) is 50.3 Å². The number of nitrogens with one attached hydrogen (secondary N) is 1. The van der Waals surface area contributed by atoms with Crippen LogP contribution >= 0.6 is 0 Å². The molecule has 1 heterocycles. The zero-order valence-corrected chi connectivity index (χ0v) is 15.1. The molecule has 5 nitrogen and oxygen atoms in total. The van der Waals surface area contributed by atoms with Gasteiger partial charge >= 0.3 is 6.03 Å². The van der Waals surface area contributed by atoms with E-state index < -0.39 is 0 Å². The van der Waals surface area contributed by atoms with Crippen LogP contribution in [0.2, 0.25) is 0 Å². The number of carbonyl (C=O) groups excluding carboxylic acids is 1. The van der Waals surface area contributed by atoms with Crippen LogP contribution in [0, 0.1) is 5.92 Å². The molecule has 1 aliphatic rings.